The number of rotatable bonds is 12. The van der Waals surface area contributed by atoms with Crippen LogP contribution in [0.1, 0.15) is 71.1 Å². The Morgan fingerprint density at radius 1 is 0.947 bits per heavy atom. The van der Waals surface area contributed by atoms with Crippen LogP contribution in [0.5, 0.6) is 0 Å². The molecule has 0 N–H and O–H groups in total. The molecule has 0 radical (unpaired) electrons. The first-order valence-corrected chi connectivity index (χ1v) is 8.58. The summed E-state index contributed by atoms with van der Waals surface area (Å²) in [5, 5.41) is 0. The van der Waals surface area contributed by atoms with Gasteiger partial charge in [-0.2, -0.15) is 0 Å². The number of hydrogen-bond acceptors (Lipinski definition) is 2. The molecule has 0 bridgehead atoms. The van der Waals surface area contributed by atoms with E-state index in [1.807, 2.05) is 7.11 Å². The van der Waals surface area contributed by atoms with Gasteiger partial charge in [-0.15, -0.1) is 0 Å². The predicted octanol–water partition coefficient (Wildman–Crippen LogP) is 4.49. The lowest BCUT2D eigenvalue weighted by molar-refractivity contribution is 0.153. The van der Waals surface area contributed by atoms with Crippen molar-refractivity contribution < 1.29 is 4.74 Å². The molecular weight excluding hydrogens is 234 g/mol. The molecule has 0 saturated carbocycles. The third-order valence-electron chi connectivity index (χ3n) is 4.35. The molecule has 1 saturated heterocycles. The molecule has 1 heterocycles. The lowest BCUT2D eigenvalue weighted by atomic mass is 10.1. The fourth-order valence-corrected chi connectivity index (χ4v) is 3.13. The zero-order valence-corrected chi connectivity index (χ0v) is 13.3. The molecule has 1 aliphatic rings. The third kappa shape index (κ3) is 8.65. The van der Waals surface area contributed by atoms with Gasteiger partial charge in [-0.05, 0) is 31.8 Å². The van der Waals surface area contributed by atoms with Gasteiger partial charge in [-0.3, -0.25) is 0 Å². The van der Waals surface area contributed by atoms with Crippen molar-refractivity contribution in [2.45, 2.75) is 71.1 Å². The highest BCUT2D eigenvalue weighted by atomic mass is 16.5. The fraction of sp³-hybridized carbons (Fsp3) is 1.00. The minimum Gasteiger partial charge on any atom is -0.384 e. The summed E-state index contributed by atoms with van der Waals surface area (Å²) in [6, 6.07) is 0. The topological polar surface area (TPSA) is 12.5 Å². The van der Waals surface area contributed by atoms with Gasteiger partial charge >= 0.3 is 0 Å². The molecule has 1 unspecified atom stereocenters. The van der Waals surface area contributed by atoms with E-state index in [1.54, 1.807) is 0 Å². The van der Waals surface area contributed by atoms with Crippen molar-refractivity contribution in [2.24, 2.45) is 5.92 Å². The van der Waals surface area contributed by atoms with E-state index in [-0.39, 0.29) is 0 Å². The molecule has 1 aliphatic heterocycles. The van der Waals surface area contributed by atoms with E-state index in [2.05, 4.69) is 11.8 Å². The number of nitrogens with zero attached hydrogens (tertiary/aromatic N) is 1. The minimum atomic E-state index is 0.795. The zero-order valence-electron chi connectivity index (χ0n) is 13.3. The lowest BCUT2D eigenvalue weighted by Crippen LogP contribution is -2.22. The van der Waals surface area contributed by atoms with Crippen LogP contribution in [0.4, 0.5) is 0 Å². The molecule has 0 aromatic heterocycles. The van der Waals surface area contributed by atoms with Crippen molar-refractivity contribution in [3.8, 4) is 0 Å². The van der Waals surface area contributed by atoms with E-state index in [4.69, 9.17) is 4.74 Å². The molecule has 1 rings (SSSR count). The van der Waals surface area contributed by atoms with Crippen molar-refractivity contribution in [3.63, 3.8) is 0 Å². The molecule has 0 aromatic carbocycles. The molecule has 1 fully saturated rings. The molecule has 2 heteroatoms. The maximum atomic E-state index is 5.25. The Balaban J connectivity index is 1.81. The van der Waals surface area contributed by atoms with E-state index in [1.165, 1.54) is 83.8 Å². The predicted molar refractivity (Wildman–Crippen MR) is 83.7 cm³/mol. The first kappa shape index (κ1) is 17.0. The van der Waals surface area contributed by atoms with E-state index in [0.717, 1.165) is 12.5 Å². The van der Waals surface area contributed by atoms with Gasteiger partial charge in [0.15, 0.2) is 0 Å². The van der Waals surface area contributed by atoms with Crippen LogP contribution >= 0.6 is 0 Å². The van der Waals surface area contributed by atoms with Gasteiger partial charge in [0.25, 0.3) is 0 Å². The highest BCUT2D eigenvalue weighted by Crippen LogP contribution is 2.17. The van der Waals surface area contributed by atoms with Gasteiger partial charge in [0.2, 0.25) is 0 Å². The van der Waals surface area contributed by atoms with Crippen molar-refractivity contribution in [1.29, 1.82) is 0 Å². The fourth-order valence-electron chi connectivity index (χ4n) is 3.13. The third-order valence-corrected chi connectivity index (χ3v) is 4.35. The Hall–Kier alpha value is -0.0800. The Bertz CT molecular complexity index is 196. The van der Waals surface area contributed by atoms with Crippen molar-refractivity contribution in [2.75, 3.05) is 33.4 Å². The van der Waals surface area contributed by atoms with Gasteiger partial charge in [-0.1, -0.05) is 58.3 Å². The van der Waals surface area contributed by atoms with Crippen LogP contribution in [0, 0.1) is 5.92 Å². The number of methoxy groups -OCH3 is 1. The summed E-state index contributed by atoms with van der Waals surface area (Å²) in [7, 11) is 1.82. The molecule has 0 spiro atoms. The monoisotopic (exact) mass is 269 g/mol. The normalized spacial score (nSPS) is 20.2. The first-order chi connectivity index (χ1) is 9.36. The summed E-state index contributed by atoms with van der Waals surface area (Å²) >= 11 is 0. The van der Waals surface area contributed by atoms with Crippen LogP contribution < -0.4 is 0 Å². The summed E-state index contributed by atoms with van der Waals surface area (Å²) in [5.74, 6) is 0.795. The van der Waals surface area contributed by atoms with Crippen LogP contribution in [-0.2, 0) is 4.74 Å². The SMILES string of the molecule is CCCCCCCCCCCN1CCC(COC)C1. The Morgan fingerprint density at radius 2 is 1.58 bits per heavy atom. The van der Waals surface area contributed by atoms with Crippen LogP contribution in [0.3, 0.4) is 0 Å². The van der Waals surface area contributed by atoms with Crippen molar-refractivity contribution in [3.05, 3.63) is 0 Å². The molecule has 114 valence electrons. The Morgan fingerprint density at radius 3 is 2.21 bits per heavy atom. The first-order valence-electron chi connectivity index (χ1n) is 8.58. The van der Waals surface area contributed by atoms with E-state index in [0.29, 0.717) is 0 Å². The van der Waals surface area contributed by atoms with E-state index >= 15 is 0 Å². The standard InChI is InChI=1S/C17H35NO/c1-3-4-5-6-7-8-9-10-11-13-18-14-12-17(15-18)16-19-2/h17H,3-16H2,1-2H3. The van der Waals surface area contributed by atoms with Crippen LogP contribution in [0.25, 0.3) is 0 Å². The molecule has 19 heavy (non-hydrogen) atoms. The molecular formula is C17H35NO. The number of likely N-dealkylation sites (tertiary alicyclic amines) is 1. The second-order valence-corrected chi connectivity index (χ2v) is 6.24. The largest absolute Gasteiger partial charge is 0.384 e. The van der Waals surface area contributed by atoms with Crippen LogP contribution in [0.2, 0.25) is 0 Å². The zero-order chi connectivity index (χ0) is 13.8. The lowest BCUT2D eigenvalue weighted by Gasteiger charge is -2.15. The molecule has 2 nitrogen and oxygen atoms in total. The summed E-state index contributed by atoms with van der Waals surface area (Å²) in [6.45, 7) is 7.12. The minimum absolute atomic E-state index is 0.795. The van der Waals surface area contributed by atoms with E-state index < -0.39 is 0 Å². The number of unbranched alkanes of at least 4 members (excludes halogenated alkanes) is 8. The number of ether oxygens (including phenoxy) is 1. The van der Waals surface area contributed by atoms with Gasteiger partial charge in [-0.25, -0.2) is 0 Å². The number of hydrogen-bond donors (Lipinski definition) is 0. The molecule has 0 amide bonds. The average molecular weight is 269 g/mol. The average Bonchev–Trinajstić information content (AvgIpc) is 2.85. The quantitative estimate of drug-likeness (QED) is 0.484. The summed E-state index contributed by atoms with van der Waals surface area (Å²) in [5.41, 5.74) is 0. The Kier molecular flexibility index (Phi) is 10.5. The second kappa shape index (κ2) is 11.7. The summed E-state index contributed by atoms with van der Waals surface area (Å²) in [6.07, 6.45) is 14.2. The van der Waals surface area contributed by atoms with Gasteiger partial charge in [0.05, 0.1) is 6.61 Å². The molecule has 1 atom stereocenters. The maximum Gasteiger partial charge on any atom is 0.0503 e. The second-order valence-electron chi connectivity index (χ2n) is 6.24. The van der Waals surface area contributed by atoms with Crippen molar-refractivity contribution >= 4 is 0 Å². The molecule has 0 aromatic rings. The van der Waals surface area contributed by atoms with Crippen molar-refractivity contribution in [1.82, 2.24) is 4.90 Å². The van der Waals surface area contributed by atoms with Crippen LogP contribution in [0.15, 0.2) is 0 Å². The highest BCUT2D eigenvalue weighted by molar-refractivity contribution is 4.74. The van der Waals surface area contributed by atoms with Gasteiger partial charge in [0.1, 0.15) is 0 Å². The van der Waals surface area contributed by atoms with Crippen LogP contribution in [-0.4, -0.2) is 38.3 Å². The summed E-state index contributed by atoms with van der Waals surface area (Å²) < 4.78 is 5.25. The van der Waals surface area contributed by atoms with Gasteiger partial charge in [0, 0.05) is 13.7 Å². The Labute approximate surface area is 120 Å². The van der Waals surface area contributed by atoms with E-state index in [9.17, 15) is 0 Å². The maximum absolute atomic E-state index is 5.25. The smallest absolute Gasteiger partial charge is 0.0503 e. The highest BCUT2D eigenvalue weighted by Gasteiger charge is 2.21. The summed E-state index contributed by atoms with van der Waals surface area (Å²) in [4.78, 5) is 2.63. The molecule has 0 aliphatic carbocycles. The van der Waals surface area contributed by atoms with Gasteiger partial charge < -0.3 is 9.64 Å².